The van der Waals surface area contributed by atoms with Crippen LogP contribution in [0.3, 0.4) is 0 Å². The first kappa shape index (κ1) is 18.4. The number of amides is 2. The van der Waals surface area contributed by atoms with Gasteiger partial charge in [-0.3, -0.25) is 14.5 Å². The van der Waals surface area contributed by atoms with E-state index in [9.17, 15) is 22.8 Å². The van der Waals surface area contributed by atoms with Crippen LogP contribution >= 0.6 is 11.8 Å². The number of hydrogen-bond donors (Lipinski definition) is 1. The van der Waals surface area contributed by atoms with Crippen LogP contribution in [0.5, 0.6) is 11.5 Å². The van der Waals surface area contributed by atoms with E-state index in [0.29, 0.717) is 11.5 Å². The molecule has 1 N–H and O–H groups in total. The number of carbonyl (C=O) groups excluding carboxylic acids is 2. The molecule has 7 nitrogen and oxygen atoms in total. The largest absolute Gasteiger partial charge is 0.493 e. The maximum absolute atomic E-state index is 13.7. The number of nitrogens with one attached hydrogen (secondary N) is 1. The number of methoxy groups -OCH3 is 2. The molecule has 2 aliphatic heterocycles. The van der Waals surface area contributed by atoms with Gasteiger partial charge < -0.3 is 14.8 Å². The molecular formula is C15H14F3N3O4S. The molecule has 2 aliphatic rings. The predicted molar refractivity (Wildman–Crippen MR) is 87.4 cm³/mol. The standard InChI is InChI=1S/C15H14F3N3O4S/c1-24-9-4-3-8(7-10(9)25-2)11(22)19-14(15(16,17)18)12(23)21-5-6-26-13(21)20-14/h3-4,7H,5-6H2,1-2H3,(H,19,22). The Hall–Kier alpha value is -2.43. The van der Waals surface area contributed by atoms with Gasteiger partial charge in [0.15, 0.2) is 16.7 Å². The van der Waals surface area contributed by atoms with Crippen LogP contribution in [0.25, 0.3) is 0 Å². The molecule has 1 fully saturated rings. The van der Waals surface area contributed by atoms with Gasteiger partial charge in [0, 0.05) is 17.9 Å². The van der Waals surface area contributed by atoms with Gasteiger partial charge in [-0.1, -0.05) is 11.8 Å². The van der Waals surface area contributed by atoms with E-state index in [1.54, 1.807) is 5.32 Å². The number of ether oxygens (including phenoxy) is 2. The van der Waals surface area contributed by atoms with E-state index in [1.807, 2.05) is 0 Å². The highest BCUT2D eigenvalue weighted by atomic mass is 32.2. The van der Waals surface area contributed by atoms with Crippen LogP contribution in [0.4, 0.5) is 13.2 Å². The highest BCUT2D eigenvalue weighted by Crippen LogP contribution is 2.41. The van der Waals surface area contributed by atoms with Crippen LogP contribution in [0.15, 0.2) is 23.2 Å². The van der Waals surface area contributed by atoms with Crippen LogP contribution < -0.4 is 14.8 Å². The molecule has 2 amide bonds. The lowest BCUT2D eigenvalue weighted by molar-refractivity contribution is -0.196. The molecule has 0 bridgehead atoms. The van der Waals surface area contributed by atoms with Gasteiger partial charge in [0.05, 0.1) is 14.2 Å². The van der Waals surface area contributed by atoms with E-state index in [0.717, 1.165) is 16.7 Å². The van der Waals surface area contributed by atoms with Crippen molar-refractivity contribution in [1.82, 2.24) is 10.2 Å². The second kappa shape index (κ2) is 6.38. The third kappa shape index (κ3) is 2.75. The normalized spacial score (nSPS) is 22.1. The molecule has 1 unspecified atom stereocenters. The molecule has 1 atom stereocenters. The Balaban J connectivity index is 1.95. The van der Waals surface area contributed by atoms with E-state index in [-0.39, 0.29) is 23.0 Å². The Bertz CT molecular complexity index is 799. The third-order valence-corrected chi connectivity index (χ3v) is 4.90. The molecule has 1 aromatic carbocycles. The lowest BCUT2D eigenvalue weighted by Gasteiger charge is -2.28. The average molecular weight is 389 g/mol. The molecule has 1 saturated heterocycles. The fraction of sp³-hybridized carbons (Fsp3) is 0.400. The number of halogens is 3. The van der Waals surface area contributed by atoms with Crippen molar-refractivity contribution in [1.29, 1.82) is 0 Å². The number of thioether (sulfide) groups is 1. The number of hydrogen-bond acceptors (Lipinski definition) is 6. The Morgan fingerprint density at radius 1 is 1.31 bits per heavy atom. The Morgan fingerprint density at radius 2 is 2.00 bits per heavy atom. The lowest BCUT2D eigenvalue weighted by Crippen LogP contribution is -2.63. The number of aliphatic imine (C=N–C) groups is 1. The van der Waals surface area contributed by atoms with Crippen molar-refractivity contribution >= 4 is 28.7 Å². The zero-order valence-electron chi connectivity index (χ0n) is 13.7. The summed E-state index contributed by atoms with van der Waals surface area (Å²) in [6.45, 7) is 0.117. The molecule has 3 rings (SSSR count). The van der Waals surface area contributed by atoms with Gasteiger partial charge in [-0.05, 0) is 18.2 Å². The summed E-state index contributed by atoms with van der Waals surface area (Å²) in [5, 5.41) is 1.72. The first-order valence-electron chi connectivity index (χ1n) is 7.39. The van der Waals surface area contributed by atoms with Gasteiger partial charge in [0.1, 0.15) is 0 Å². The van der Waals surface area contributed by atoms with Crippen molar-refractivity contribution in [2.24, 2.45) is 4.99 Å². The summed E-state index contributed by atoms with van der Waals surface area (Å²) in [4.78, 5) is 29.3. The number of alkyl halides is 3. The van der Waals surface area contributed by atoms with E-state index in [4.69, 9.17) is 9.47 Å². The molecule has 0 radical (unpaired) electrons. The molecular weight excluding hydrogens is 375 g/mol. The SMILES string of the molecule is COc1ccc(C(=O)NC2(C(F)(F)F)N=C3SCCN3C2=O)cc1OC. The Labute approximate surface area is 150 Å². The van der Waals surface area contributed by atoms with Gasteiger partial charge in [0.25, 0.3) is 11.8 Å². The van der Waals surface area contributed by atoms with Crippen LogP contribution in [0.2, 0.25) is 0 Å². The summed E-state index contributed by atoms with van der Waals surface area (Å²) < 4.78 is 51.1. The van der Waals surface area contributed by atoms with E-state index >= 15 is 0 Å². The number of fused-ring (bicyclic) bond motifs is 1. The number of carbonyl (C=O) groups is 2. The monoisotopic (exact) mass is 389 g/mol. The summed E-state index contributed by atoms with van der Waals surface area (Å²) in [5.41, 5.74) is -3.45. The van der Waals surface area contributed by atoms with E-state index in [2.05, 4.69) is 4.99 Å². The van der Waals surface area contributed by atoms with Gasteiger partial charge in [-0.2, -0.15) is 13.2 Å². The number of rotatable bonds is 4. The summed E-state index contributed by atoms with van der Waals surface area (Å²) in [6.07, 6.45) is -5.09. The zero-order chi connectivity index (χ0) is 19.1. The molecule has 0 aliphatic carbocycles. The maximum atomic E-state index is 13.7. The molecule has 2 heterocycles. The molecule has 11 heteroatoms. The molecule has 26 heavy (non-hydrogen) atoms. The first-order chi connectivity index (χ1) is 12.2. The van der Waals surface area contributed by atoms with Gasteiger partial charge in [0.2, 0.25) is 0 Å². The number of amidine groups is 1. The van der Waals surface area contributed by atoms with Crippen LogP contribution in [0, 0.1) is 0 Å². The molecule has 0 saturated carbocycles. The highest BCUT2D eigenvalue weighted by Gasteiger charge is 2.67. The smallest absolute Gasteiger partial charge is 0.442 e. The maximum Gasteiger partial charge on any atom is 0.442 e. The summed E-state index contributed by atoms with van der Waals surface area (Å²) in [6, 6.07) is 3.87. The van der Waals surface area contributed by atoms with Gasteiger partial charge in [-0.15, -0.1) is 0 Å². The topological polar surface area (TPSA) is 80.2 Å². The van der Waals surface area contributed by atoms with Crippen molar-refractivity contribution in [2.45, 2.75) is 11.8 Å². The molecule has 140 valence electrons. The Kier molecular flexibility index (Phi) is 4.51. The summed E-state index contributed by atoms with van der Waals surface area (Å²) in [7, 11) is 2.71. The fourth-order valence-electron chi connectivity index (χ4n) is 2.62. The quantitative estimate of drug-likeness (QED) is 0.847. The number of benzene rings is 1. The van der Waals surface area contributed by atoms with Crippen molar-refractivity contribution < 1.29 is 32.2 Å². The average Bonchev–Trinajstić information content (AvgIpc) is 3.15. The predicted octanol–water partition coefficient (Wildman–Crippen LogP) is 1.64. The summed E-state index contributed by atoms with van der Waals surface area (Å²) in [5.74, 6) is -1.47. The van der Waals surface area contributed by atoms with Gasteiger partial charge in [-0.25, -0.2) is 4.99 Å². The van der Waals surface area contributed by atoms with Crippen molar-refractivity contribution in [3.8, 4) is 11.5 Å². The van der Waals surface area contributed by atoms with Crippen LogP contribution in [0.1, 0.15) is 10.4 Å². The lowest BCUT2D eigenvalue weighted by atomic mass is 10.1. The zero-order valence-corrected chi connectivity index (χ0v) is 14.5. The second-order valence-corrected chi connectivity index (χ2v) is 6.49. The van der Waals surface area contributed by atoms with E-state index < -0.39 is 23.7 Å². The fourth-order valence-corrected chi connectivity index (χ4v) is 3.61. The molecule has 0 aromatic heterocycles. The molecule has 0 spiro atoms. The first-order valence-corrected chi connectivity index (χ1v) is 8.38. The second-order valence-electron chi connectivity index (χ2n) is 5.43. The van der Waals surface area contributed by atoms with Crippen molar-refractivity contribution in [2.75, 3.05) is 26.5 Å². The minimum absolute atomic E-state index is 0.0417. The molecule has 1 aromatic rings. The summed E-state index contributed by atoms with van der Waals surface area (Å²) >= 11 is 1.04. The third-order valence-electron chi connectivity index (χ3n) is 3.95. The number of nitrogens with zero attached hydrogens (tertiary/aromatic N) is 2. The van der Waals surface area contributed by atoms with E-state index in [1.165, 1.54) is 32.4 Å². The van der Waals surface area contributed by atoms with Crippen LogP contribution in [-0.4, -0.2) is 60.2 Å². The van der Waals surface area contributed by atoms with Crippen molar-refractivity contribution in [3.63, 3.8) is 0 Å². The minimum Gasteiger partial charge on any atom is -0.493 e. The van der Waals surface area contributed by atoms with Gasteiger partial charge >= 0.3 is 11.8 Å². The van der Waals surface area contributed by atoms with Crippen molar-refractivity contribution in [3.05, 3.63) is 23.8 Å². The Morgan fingerprint density at radius 3 is 2.58 bits per heavy atom. The highest BCUT2D eigenvalue weighted by molar-refractivity contribution is 8.14. The van der Waals surface area contributed by atoms with Crippen LogP contribution in [-0.2, 0) is 4.79 Å². The minimum atomic E-state index is -5.09.